The van der Waals surface area contributed by atoms with Gasteiger partial charge < -0.3 is 0 Å². The summed E-state index contributed by atoms with van der Waals surface area (Å²) < 4.78 is 0. The van der Waals surface area contributed by atoms with Gasteiger partial charge in [-0.25, -0.2) is 10.0 Å². The van der Waals surface area contributed by atoms with Gasteiger partial charge in [0.2, 0.25) is 0 Å². The molecule has 5 rings (SSSR count). The lowest BCUT2D eigenvalue weighted by Crippen LogP contribution is -2.40. The molecular formula is C29H27N5O4. The van der Waals surface area contributed by atoms with E-state index in [2.05, 4.69) is 10.2 Å². The van der Waals surface area contributed by atoms with Crippen LogP contribution in [0.15, 0.2) is 95.1 Å². The zero-order chi connectivity index (χ0) is 26.8. The average Bonchev–Trinajstić information content (AvgIpc) is 3.46. The van der Waals surface area contributed by atoms with Crippen LogP contribution in [-0.4, -0.2) is 28.2 Å². The third kappa shape index (κ3) is 4.36. The summed E-state index contributed by atoms with van der Waals surface area (Å²) in [5.41, 5.74) is 3.18. The van der Waals surface area contributed by atoms with Crippen LogP contribution in [-0.2, 0) is 9.59 Å². The van der Waals surface area contributed by atoms with Crippen LogP contribution < -0.4 is 10.0 Å². The Balaban J connectivity index is 1.62. The monoisotopic (exact) mass is 509 g/mol. The van der Waals surface area contributed by atoms with E-state index in [4.69, 9.17) is 0 Å². The summed E-state index contributed by atoms with van der Waals surface area (Å²) in [7, 11) is 0. The topological polar surface area (TPSA) is 108 Å². The Kier molecular flexibility index (Phi) is 6.83. The summed E-state index contributed by atoms with van der Waals surface area (Å²) in [5, 5.41) is 23.5. The van der Waals surface area contributed by atoms with Gasteiger partial charge in [-0.2, -0.15) is 10.2 Å². The van der Waals surface area contributed by atoms with Crippen LogP contribution in [0.2, 0.25) is 0 Å². The van der Waals surface area contributed by atoms with Crippen molar-refractivity contribution in [1.82, 2.24) is 0 Å². The van der Waals surface area contributed by atoms with Gasteiger partial charge in [-0.3, -0.25) is 19.7 Å². The molecule has 3 aromatic rings. The van der Waals surface area contributed by atoms with E-state index in [9.17, 15) is 19.7 Å². The molecule has 2 aliphatic rings. The molecule has 2 heterocycles. The molecule has 3 aromatic carbocycles. The summed E-state index contributed by atoms with van der Waals surface area (Å²) >= 11 is 0. The molecule has 9 nitrogen and oxygen atoms in total. The molecule has 192 valence electrons. The van der Waals surface area contributed by atoms with Crippen LogP contribution in [0.4, 0.5) is 17.1 Å². The highest BCUT2D eigenvalue weighted by atomic mass is 16.6. The fraction of sp³-hybridized carbons (Fsp3) is 0.241. The Morgan fingerprint density at radius 2 is 1.16 bits per heavy atom. The van der Waals surface area contributed by atoms with Gasteiger partial charge in [0.05, 0.1) is 39.6 Å². The molecule has 2 amide bonds. The molecule has 0 bridgehead atoms. The van der Waals surface area contributed by atoms with E-state index in [1.54, 1.807) is 12.1 Å². The van der Waals surface area contributed by atoms with Gasteiger partial charge in [-0.1, -0.05) is 62.4 Å². The van der Waals surface area contributed by atoms with Crippen molar-refractivity contribution in [2.45, 2.75) is 32.6 Å². The zero-order valence-electron chi connectivity index (χ0n) is 21.1. The number of non-ortho nitro benzene ring substituents is 1. The van der Waals surface area contributed by atoms with E-state index in [0.717, 1.165) is 0 Å². The first-order valence-corrected chi connectivity index (χ1v) is 12.6. The Bertz CT molecular complexity index is 1340. The predicted molar refractivity (Wildman–Crippen MR) is 146 cm³/mol. The van der Waals surface area contributed by atoms with Gasteiger partial charge in [0.1, 0.15) is 0 Å². The summed E-state index contributed by atoms with van der Waals surface area (Å²) in [5.74, 6) is -2.59. The molecule has 2 aliphatic heterocycles. The van der Waals surface area contributed by atoms with Crippen LogP contribution in [0, 0.1) is 22.0 Å². The quantitative estimate of drug-likeness (QED) is 0.293. The summed E-state index contributed by atoms with van der Waals surface area (Å²) in [4.78, 5) is 38.9. The highest BCUT2D eigenvalue weighted by Gasteiger charge is 2.51. The number of hydrogen-bond acceptors (Lipinski definition) is 6. The van der Waals surface area contributed by atoms with Crippen molar-refractivity contribution in [2.24, 2.45) is 22.0 Å². The highest BCUT2D eigenvalue weighted by Crippen LogP contribution is 2.44. The van der Waals surface area contributed by atoms with E-state index in [1.807, 2.05) is 74.5 Å². The minimum absolute atomic E-state index is 0.0615. The van der Waals surface area contributed by atoms with Gasteiger partial charge >= 0.3 is 0 Å². The van der Waals surface area contributed by atoms with Crippen molar-refractivity contribution in [3.63, 3.8) is 0 Å². The number of nitrogens with zero attached hydrogens (tertiary/aromatic N) is 5. The van der Waals surface area contributed by atoms with Gasteiger partial charge in [-0.05, 0) is 42.7 Å². The van der Waals surface area contributed by atoms with Gasteiger partial charge in [-0.15, -0.1) is 0 Å². The van der Waals surface area contributed by atoms with Crippen molar-refractivity contribution in [2.75, 3.05) is 10.0 Å². The van der Waals surface area contributed by atoms with Crippen molar-refractivity contribution in [3.05, 3.63) is 101 Å². The summed E-state index contributed by atoms with van der Waals surface area (Å²) in [6.07, 6.45) is 1.01. The molecule has 2 unspecified atom stereocenters. The predicted octanol–water partition coefficient (Wildman–Crippen LogP) is 5.54. The number of rotatable bonds is 8. The SMILES string of the molecule is CCC1=NN(c2ccccc2)C(=O)C1C(c1ccc([N+](=O)[O-])cc1)C1C(=O)N(c2ccccc2)N=C1CC. The zero-order valence-corrected chi connectivity index (χ0v) is 21.1. The number of nitro benzene ring substituents is 1. The van der Waals surface area contributed by atoms with Gasteiger partial charge in [0, 0.05) is 18.1 Å². The van der Waals surface area contributed by atoms with Crippen molar-refractivity contribution in [1.29, 1.82) is 0 Å². The number of carbonyl (C=O) groups excluding carboxylic acids is 2. The normalized spacial score (nSPS) is 19.9. The Morgan fingerprint density at radius 3 is 1.53 bits per heavy atom. The second kappa shape index (κ2) is 10.4. The van der Waals surface area contributed by atoms with Gasteiger partial charge in [0.25, 0.3) is 17.5 Å². The van der Waals surface area contributed by atoms with E-state index in [-0.39, 0.29) is 17.5 Å². The highest BCUT2D eigenvalue weighted by molar-refractivity contribution is 6.20. The molecular weight excluding hydrogens is 482 g/mol. The first kappa shape index (κ1) is 25.0. The number of hydrogen-bond donors (Lipinski definition) is 0. The molecule has 0 fully saturated rings. The maximum absolute atomic E-state index is 14.0. The number of amides is 2. The molecule has 0 saturated carbocycles. The van der Waals surface area contributed by atoms with Crippen molar-refractivity contribution < 1.29 is 14.5 Å². The maximum atomic E-state index is 14.0. The Labute approximate surface area is 220 Å². The number of nitro groups is 1. The van der Waals surface area contributed by atoms with Crippen LogP contribution in [0.25, 0.3) is 0 Å². The molecule has 0 N–H and O–H groups in total. The number of para-hydroxylation sites is 2. The van der Waals surface area contributed by atoms with Crippen LogP contribution in [0.1, 0.15) is 38.2 Å². The molecule has 0 aliphatic carbocycles. The lowest BCUT2D eigenvalue weighted by molar-refractivity contribution is -0.384. The summed E-state index contributed by atoms with van der Waals surface area (Å²) in [6.45, 7) is 3.87. The van der Waals surface area contributed by atoms with E-state index >= 15 is 0 Å². The largest absolute Gasteiger partial charge is 0.272 e. The fourth-order valence-electron chi connectivity index (χ4n) is 5.24. The van der Waals surface area contributed by atoms with Crippen molar-refractivity contribution in [3.8, 4) is 0 Å². The van der Waals surface area contributed by atoms with Gasteiger partial charge in [0.15, 0.2) is 0 Å². The van der Waals surface area contributed by atoms with E-state index in [1.165, 1.54) is 22.2 Å². The first-order chi connectivity index (χ1) is 18.4. The summed E-state index contributed by atoms with van der Waals surface area (Å²) in [6, 6.07) is 24.4. The van der Waals surface area contributed by atoms with Crippen LogP contribution in [0.5, 0.6) is 0 Å². The Hall–Kier alpha value is -4.66. The number of hydrazone groups is 2. The fourth-order valence-corrected chi connectivity index (χ4v) is 5.24. The third-order valence-corrected chi connectivity index (χ3v) is 7.06. The number of benzene rings is 3. The first-order valence-electron chi connectivity index (χ1n) is 12.6. The smallest absolute Gasteiger partial charge is 0.269 e. The lowest BCUT2D eigenvalue weighted by atomic mass is 9.71. The molecule has 2 atom stereocenters. The van der Waals surface area contributed by atoms with E-state index in [0.29, 0.717) is 41.2 Å². The molecule has 0 saturated heterocycles. The maximum Gasteiger partial charge on any atom is 0.269 e. The number of anilines is 2. The minimum Gasteiger partial charge on any atom is -0.272 e. The molecule has 0 aromatic heterocycles. The van der Waals surface area contributed by atoms with Crippen molar-refractivity contribution >= 4 is 40.3 Å². The molecule has 0 radical (unpaired) electrons. The lowest BCUT2D eigenvalue weighted by Gasteiger charge is -2.29. The minimum atomic E-state index is -0.733. The van der Waals surface area contributed by atoms with E-state index < -0.39 is 22.7 Å². The second-order valence-electron chi connectivity index (χ2n) is 9.19. The van der Waals surface area contributed by atoms with Crippen LogP contribution in [0.3, 0.4) is 0 Å². The number of carbonyl (C=O) groups is 2. The molecule has 9 heteroatoms. The third-order valence-electron chi connectivity index (χ3n) is 7.06. The Morgan fingerprint density at radius 1 is 0.737 bits per heavy atom. The molecule has 38 heavy (non-hydrogen) atoms. The van der Waals surface area contributed by atoms with Crippen LogP contribution >= 0.6 is 0 Å². The standard InChI is InChI=1S/C29H27N5O4/c1-3-23-26(28(35)32(30-23)20-11-7-5-8-12-20)25(19-15-17-22(18-16-19)34(37)38)27-24(4-2)31-33(29(27)36)21-13-9-6-10-14-21/h5-18,25-27H,3-4H2,1-2H3. The average molecular weight is 510 g/mol. The second-order valence-corrected chi connectivity index (χ2v) is 9.19. The molecule has 0 spiro atoms.